The fourth-order valence-corrected chi connectivity index (χ4v) is 5.50. The number of rotatable bonds is 3. The largest absolute Gasteiger partial charge is 0.378 e. The molecular formula is C17H23ClN6OS. The number of piperazine rings is 1. The summed E-state index contributed by atoms with van der Waals surface area (Å²) in [5.41, 5.74) is 0.728. The minimum absolute atomic E-state index is 0.274. The van der Waals surface area contributed by atoms with Crippen LogP contribution in [-0.4, -0.2) is 83.3 Å². The van der Waals surface area contributed by atoms with Gasteiger partial charge in [0.25, 0.3) is 0 Å². The number of anilines is 1. The van der Waals surface area contributed by atoms with Crippen LogP contribution in [0.3, 0.4) is 0 Å². The van der Waals surface area contributed by atoms with E-state index in [0.717, 1.165) is 73.2 Å². The Kier molecular flexibility index (Phi) is 4.70. The first kappa shape index (κ1) is 17.1. The number of morpholine rings is 1. The van der Waals surface area contributed by atoms with Crippen LogP contribution in [0.2, 0.25) is 5.28 Å². The molecule has 1 atom stereocenters. The van der Waals surface area contributed by atoms with Gasteiger partial charge in [-0.15, -0.1) is 11.3 Å². The average Bonchev–Trinajstić information content (AvgIpc) is 3.27. The van der Waals surface area contributed by atoms with Crippen molar-refractivity contribution in [3.05, 3.63) is 10.3 Å². The lowest BCUT2D eigenvalue weighted by molar-refractivity contribution is 0.0993. The van der Waals surface area contributed by atoms with Gasteiger partial charge < -0.3 is 9.64 Å². The van der Waals surface area contributed by atoms with Gasteiger partial charge in [-0.25, -0.2) is 4.98 Å². The van der Waals surface area contributed by atoms with Crippen molar-refractivity contribution in [2.24, 2.45) is 0 Å². The molecule has 0 saturated carbocycles. The molecule has 5 heterocycles. The maximum atomic E-state index is 6.17. The number of hydrogen-bond acceptors (Lipinski definition) is 8. The predicted octanol–water partition coefficient (Wildman–Crippen LogP) is 1.86. The van der Waals surface area contributed by atoms with E-state index in [4.69, 9.17) is 21.3 Å². The Bertz CT molecular complexity index is 795. The van der Waals surface area contributed by atoms with Gasteiger partial charge in [0.05, 0.1) is 19.8 Å². The van der Waals surface area contributed by atoms with Crippen molar-refractivity contribution in [2.75, 3.05) is 57.4 Å². The zero-order valence-corrected chi connectivity index (χ0v) is 16.3. The second kappa shape index (κ2) is 7.16. The maximum absolute atomic E-state index is 6.17. The van der Waals surface area contributed by atoms with Gasteiger partial charge in [0.15, 0.2) is 11.5 Å². The molecule has 5 rings (SSSR count). The highest BCUT2D eigenvalue weighted by Gasteiger charge is 2.31. The molecular weight excluding hydrogens is 372 g/mol. The predicted molar refractivity (Wildman–Crippen MR) is 103 cm³/mol. The number of fused-ring (bicyclic) bond motifs is 2. The summed E-state index contributed by atoms with van der Waals surface area (Å²) in [4.78, 5) is 21.1. The molecule has 140 valence electrons. The number of nitrogens with zero attached hydrogens (tertiary/aromatic N) is 6. The Balaban J connectivity index is 1.39. The highest BCUT2D eigenvalue weighted by atomic mass is 35.5. The van der Waals surface area contributed by atoms with Crippen LogP contribution in [0.5, 0.6) is 0 Å². The fraction of sp³-hybridized carbons (Fsp3) is 0.706. The lowest BCUT2D eigenvalue weighted by atomic mass is 10.1. The van der Waals surface area contributed by atoms with E-state index in [-0.39, 0.29) is 5.28 Å². The Hall–Kier alpha value is -1.06. The molecule has 0 unspecified atom stereocenters. The van der Waals surface area contributed by atoms with E-state index in [1.165, 1.54) is 25.9 Å². The van der Waals surface area contributed by atoms with E-state index in [1.807, 2.05) is 0 Å². The van der Waals surface area contributed by atoms with Gasteiger partial charge in [0.1, 0.15) is 9.71 Å². The van der Waals surface area contributed by atoms with Crippen LogP contribution in [0.15, 0.2) is 0 Å². The summed E-state index contributed by atoms with van der Waals surface area (Å²) >= 11 is 7.89. The van der Waals surface area contributed by atoms with Gasteiger partial charge in [-0.1, -0.05) is 0 Å². The molecule has 7 nitrogen and oxygen atoms in total. The molecule has 0 radical (unpaired) electrons. The van der Waals surface area contributed by atoms with Crippen LogP contribution < -0.4 is 4.90 Å². The third-order valence-corrected chi connectivity index (χ3v) is 6.79. The third-order valence-electron chi connectivity index (χ3n) is 5.59. The molecule has 0 spiro atoms. The van der Waals surface area contributed by atoms with Crippen LogP contribution in [0.1, 0.15) is 17.8 Å². The SMILES string of the molecule is Clc1nc(N2CCOCC2)c2sc(CN3CCN4CCC[C@H]4C3)nc2n1. The second-order valence-corrected chi connectivity index (χ2v) is 8.66. The highest BCUT2D eigenvalue weighted by molar-refractivity contribution is 7.19. The van der Waals surface area contributed by atoms with Crippen molar-refractivity contribution >= 4 is 39.1 Å². The number of thiazole rings is 1. The minimum atomic E-state index is 0.274. The zero-order chi connectivity index (χ0) is 17.5. The number of aromatic nitrogens is 3. The Morgan fingerprint density at radius 2 is 1.96 bits per heavy atom. The van der Waals surface area contributed by atoms with E-state index in [1.54, 1.807) is 11.3 Å². The zero-order valence-electron chi connectivity index (χ0n) is 14.7. The van der Waals surface area contributed by atoms with Gasteiger partial charge >= 0.3 is 0 Å². The van der Waals surface area contributed by atoms with E-state index in [0.29, 0.717) is 0 Å². The average molecular weight is 395 g/mol. The monoisotopic (exact) mass is 394 g/mol. The second-order valence-electron chi connectivity index (χ2n) is 7.24. The summed E-state index contributed by atoms with van der Waals surface area (Å²) in [6, 6.07) is 0.733. The molecule has 2 aromatic rings. The quantitative estimate of drug-likeness (QED) is 0.736. The normalized spacial score (nSPS) is 25.1. The molecule has 3 saturated heterocycles. The molecule has 0 N–H and O–H groups in total. The molecule has 3 fully saturated rings. The molecule has 0 aliphatic carbocycles. The minimum Gasteiger partial charge on any atom is -0.378 e. The molecule has 0 bridgehead atoms. The molecule has 3 aliphatic rings. The summed E-state index contributed by atoms with van der Waals surface area (Å²) in [5.74, 6) is 0.910. The first-order chi connectivity index (χ1) is 12.8. The van der Waals surface area contributed by atoms with Crippen molar-refractivity contribution in [3.8, 4) is 0 Å². The van der Waals surface area contributed by atoms with Crippen LogP contribution in [0, 0.1) is 0 Å². The fourth-order valence-electron chi connectivity index (χ4n) is 4.27. The van der Waals surface area contributed by atoms with E-state index in [2.05, 4.69) is 24.7 Å². The van der Waals surface area contributed by atoms with Crippen LogP contribution in [0.4, 0.5) is 5.82 Å². The lowest BCUT2D eigenvalue weighted by Gasteiger charge is -2.37. The van der Waals surface area contributed by atoms with E-state index >= 15 is 0 Å². The third kappa shape index (κ3) is 3.29. The Morgan fingerprint density at radius 1 is 1.08 bits per heavy atom. The Morgan fingerprint density at radius 3 is 2.85 bits per heavy atom. The number of halogens is 1. The number of ether oxygens (including phenoxy) is 1. The van der Waals surface area contributed by atoms with Crippen LogP contribution in [-0.2, 0) is 11.3 Å². The summed E-state index contributed by atoms with van der Waals surface area (Å²) < 4.78 is 6.51. The lowest BCUT2D eigenvalue weighted by Crippen LogP contribution is -2.49. The summed E-state index contributed by atoms with van der Waals surface area (Å²) in [7, 11) is 0. The first-order valence-electron chi connectivity index (χ1n) is 9.38. The van der Waals surface area contributed by atoms with Crippen LogP contribution >= 0.6 is 22.9 Å². The van der Waals surface area contributed by atoms with Gasteiger partial charge in [-0.3, -0.25) is 9.80 Å². The van der Waals surface area contributed by atoms with Crippen molar-refractivity contribution < 1.29 is 4.74 Å². The molecule has 0 aromatic carbocycles. The number of hydrogen-bond donors (Lipinski definition) is 0. The van der Waals surface area contributed by atoms with Gasteiger partial charge in [0.2, 0.25) is 5.28 Å². The van der Waals surface area contributed by atoms with Gasteiger partial charge in [-0.05, 0) is 31.0 Å². The van der Waals surface area contributed by atoms with Crippen LogP contribution in [0.25, 0.3) is 10.3 Å². The van der Waals surface area contributed by atoms with Gasteiger partial charge in [-0.2, -0.15) is 9.97 Å². The van der Waals surface area contributed by atoms with E-state index in [9.17, 15) is 0 Å². The smallest absolute Gasteiger partial charge is 0.226 e. The molecule has 0 amide bonds. The first-order valence-corrected chi connectivity index (χ1v) is 10.6. The molecule has 26 heavy (non-hydrogen) atoms. The van der Waals surface area contributed by atoms with Gasteiger partial charge in [0, 0.05) is 38.8 Å². The molecule has 2 aromatic heterocycles. The highest BCUT2D eigenvalue weighted by Crippen LogP contribution is 2.32. The topological polar surface area (TPSA) is 57.6 Å². The van der Waals surface area contributed by atoms with Crippen molar-refractivity contribution in [3.63, 3.8) is 0 Å². The Labute approximate surface area is 161 Å². The van der Waals surface area contributed by atoms with E-state index < -0.39 is 0 Å². The molecule has 9 heteroatoms. The molecule has 3 aliphatic heterocycles. The summed E-state index contributed by atoms with van der Waals surface area (Å²) in [5, 5.41) is 1.38. The van der Waals surface area contributed by atoms with Crippen molar-refractivity contribution in [1.82, 2.24) is 24.8 Å². The standard InChI is InChI=1S/C17H23ClN6OS/c18-17-20-15-14(16(21-17)24-6-8-25-9-7-24)26-13(19-15)11-22-4-5-23-3-1-2-12(23)10-22/h12H,1-11H2/t12-/m0/s1. The summed E-state index contributed by atoms with van der Waals surface area (Å²) in [6.45, 7) is 8.73. The van der Waals surface area contributed by atoms with Crippen molar-refractivity contribution in [1.29, 1.82) is 0 Å². The van der Waals surface area contributed by atoms with Crippen molar-refractivity contribution in [2.45, 2.75) is 25.4 Å². The maximum Gasteiger partial charge on any atom is 0.226 e. The summed E-state index contributed by atoms with van der Waals surface area (Å²) in [6.07, 6.45) is 2.68.